The van der Waals surface area contributed by atoms with Gasteiger partial charge in [0.2, 0.25) is 5.91 Å². The summed E-state index contributed by atoms with van der Waals surface area (Å²) in [5, 5.41) is 3.72. The minimum Gasteiger partial charge on any atom is -0.381 e. The van der Waals surface area contributed by atoms with Gasteiger partial charge in [0, 0.05) is 17.6 Å². The second-order valence-corrected chi connectivity index (χ2v) is 4.75. The maximum absolute atomic E-state index is 12.0. The number of amides is 1. The number of hydrogen-bond donors (Lipinski definition) is 1. The number of carbonyl (C=O) groups is 1. The molecule has 1 amide bonds. The van der Waals surface area contributed by atoms with Gasteiger partial charge in [-0.15, -0.1) is 0 Å². The highest BCUT2D eigenvalue weighted by molar-refractivity contribution is 9.08. The summed E-state index contributed by atoms with van der Waals surface area (Å²) in [5.74, 6) is 0.0604. The fourth-order valence-electron chi connectivity index (χ4n) is 1.94. The van der Waals surface area contributed by atoms with Crippen molar-refractivity contribution < 1.29 is 9.53 Å². The van der Waals surface area contributed by atoms with Crippen LogP contribution in [0.1, 0.15) is 18.4 Å². The van der Waals surface area contributed by atoms with Gasteiger partial charge in [-0.1, -0.05) is 34.1 Å². The van der Waals surface area contributed by atoms with E-state index in [9.17, 15) is 4.79 Å². The van der Waals surface area contributed by atoms with Gasteiger partial charge in [0.15, 0.2) is 0 Å². The lowest BCUT2D eigenvalue weighted by Crippen LogP contribution is -2.30. The molecule has 1 aromatic carbocycles. The van der Waals surface area contributed by atoms with Crippen molar-refractivity contribution in [1.29, 1.82) is 0 Å². The van der Waals surface area contributed by atoms with Crippen LogP contribution < -0.4 is 5.32 Å². The van der Waals surface area contributed by atoms with E-state index in [0.29, 0.717) is 6.61 Å². The number of hydrogen-bond acceptors (Lipinski definition) is 2. The smallest absolute Gasteiger partial charge is 0.229 e. The summed E-state index contributed by atoms with van der Waals surface area (Å²) in [5.41, 5.74) is 1.98. The highest BCUT2D eigenvalue weighted by Gasteiger charge is 2.22. The van der Waals surface area contributed by atoms with Crippen LogP contribution in [-0.2, 0) is 14.9 Å². The quantitative estimate of drug-likeness (QED) is 0.871. The Morgan fingerprint density at radius 2 is 2.29 bits per heavy atom. The first-order valence-electron chi connectivity index (χ1n) is 5.83. The molecule has 0 aromatic heterocycles. The van der Waals surface area contributed by atoms with Crippen LogP contribution in [0.25, 0.3) is 0 Å². The number of nitrogens with one attached hydrogen (secondary N) is 1. The molecular formula is C13H16BrNO2. The van der Waals surface area contributed by atoms with Crippen molar-refractivity contribution in [2.75, 3.05) is 18.5 Å². The van der Waals surface area contributed by atoms with Gasteiger partial charge >= 0.3 is 0 Å². The summed E-state index contributed by atoms with van der Waals surface area (Å²) < 4.78 is 5.33. The molecule has 1 saturated heterocycles. The molecule has 1 atom stereocenters. The van der Waals surface area contributed by atoms with Crippen LogP contribution in [0, 0.1) is 5.92 Å². The van der Waals surface area contributed by atoms with Gasteiger partial charge in [0.05, 0.1) is 12.5 Å². The van der Waals surface area contributed by atoms with E-state index < -0.39 is 0 Å². The Hall–Kier alpha value is -0.870. The molecule has 1 aliphatic rings. The first kappa shape index (κ1) is 12.6. The van der Waals surface area contributed by atoms with Crippen molar-refractivity contribution >= 4 is 27.5 Å². The maximum atomic E-state index is 12.0. The second-order valence-electron chi connectivity index (χ2n) is 4.19. The van der Waals surface area contributed by atoms with Crippen LogP contribution in [0.3, 0.4) is 0 Å². The van der Waals surface area contributed by atoms with Crippen LogP contribution >= 0.6 is 15.9 Å². The number of anilines is 1. The number of alkyl halides is 1. The molecule has 1 fully saturated rings. The van der Waals surface area contributed by atoms with Crippen LogP contribution in [0.4, 0.5) is 5.69 Å². The Morgan fingerprint density at radius 3 is 3.00 bits per heavy atom. The molecular weight excluding hydrogens is 282 g/mol. The zero-order chi connectivity index (χ0) is 12.1. The molecule has 1 aliphatic heterocycles. The number of rotatable bonds is 3. The fraction of sp³-hybridized carbons (Fsp3) is 0.462. The summed E-state index contributed by atoms with van der Waals surface area (Å²) in [7, 11) is 0. The third kappa shape index (κ3) is 3.30. The first-order valence-corrected chi connectivity index (χ1v) is 6.96. The molecule has 0 aliphatic carbocycles. The molecule has 4 heteroatoms. The van der Waals surface area contributed by atoms with Gasteiger partial charge in [-0.2, -0.15) is 0 Å². The SMILES string of the molecule is O=C(Nc1ccccc1CBr)C1CCCOC1. The summed E-state index contributed by atoms with van der Waals surface area (Å²) >= 11 is 3.42. The highest BCUT2D eigenvalue weighted by Crippen LogP contribution is 2.21. The predicted molar refractivity (Wildman–Crippen MR) is 71.2 cm³/mol. The summed E-state index contributed by atoms with van der Waals surface area (Å²) in [4.78, 5) is 12.0. The lowest BCUT2D eigenvalue weighted by Gasteiger charge is -2.21. The summed E-state index contributed by atoms with van der Waals surface area (Å²) in [6, 6.07) is 7.83. The van der Waals surface area contributed by atoms with Crippen molar-refractivity contribution in [2.45, 2.75) is 18.2 Å². The third-order valence-electron chi connectivity index (χ3n) is 2.95. The zero-order valence-corrected chi connectivity index (χ0v) is 11.2. The van der Waals surface area contributed by atoms with E-state index in [4.69, 9.17) is 4.74 Å². The van der Waals surface area contributed by atoms with Crippen molar-refractivity contribution in [1.82, 2.24) is 0 Å². The van der Waals surface area contributed by atoms with E-state index >= 15 is 0 Å². The van der Waals surface area contributed by atoms with Crippen LogP contribution in [0.5, 0.6) is 0 Å². The van der Waals surface area contributed by atoms with Crippen molar-refractivity contribution in [3.8, 4) is 0 Å². The number of para-hydroxylation sites is 1. The Labute approximate surface area is 110 Å². The average Bonchev–Trinajstić information content (AvgIpc) is 2.40. The molecule has 0 spiro atoms. The Balaban J connectivity index is 2.01. The second kappa shape index (κ2) is 6.17. The van der Waals surface area contributed by atoms with Crippen LogP contribution in [-0.4, -0.2) is 19.1 Å². The highest BCUT2D eigenvalue weighted by atomic mass is 79.9. The topological polar surface area (TPSA) is 38.3 Å². The van der Waals surface area contributed by atoms with Gasteiger partial charge in [-0.3, -0.25) is 4.79 Å². The van der Waals surface area contributed by atoms with Crippen molar-refractivity contribution in [3.63, 3.8) is 0 Å². The fourth-order valence-corrected chi connectivity index (χ4v) is 2.43. The molecule has 2 rings (SSSR count). The average molecular weight is 298 g/mol. The lowest BCUT2D eigenvalue weighted by molar-refractivity contribution is -0.123. The summed E-state index contributed by atoms with van der Waals surface area (Å²) in [6.45, 7) is 1.32. The molecule has 17 heavy (non-hydrogen) atoms. The predicted octanol–water partition coefficient (Wildman–Crippen LogP) is 2.95. The van der Waals surface area contributed by atoms with Crippen LogP contribution in [0.15, 0.2) is 24.3 Å². The van der Waals surface area contributed by atoms with E-state index in [1.54, 1.807) is 0 Å². The Bertz CT molecular complexity index is 389. The van der Waals surface area contributed by atoms with Crippen molar-refractivity contribution in [2.24, 2.45) is 5.92 Å². The van der Waals surface area contributed by atoms with Gasteiger partial charge in [-0.25, -0.2) is 0 Å². The van der Waals surface area contributed by atoms with E-state index in [1.165, 1.54) is 0 Å². The van der Waals surface area contributed by atoms with E-state index in [2.05, 4.69) is 21.2 Å². The molecule has 92 valence electrons. The molecule has 1 N–H and O–H groups in total. The molecule has 0 radical (unpaired) electrons. The number of ether oxygens (including phenoxy) is 1. The maximum Gasteiger partial charge on any atom is 0.229 e. The Kier molecular flexibility index (Phi) is 4.57. The van der Waals surface area contributed by atoms with Crippen molar-refractivity contribution in [3.05, 3.63) is 29.8 Å². The minimum absolute atomic E-state index is 0.00729. The number of carbonyl (C=O) groups excluding carboxylic acids is 1. The first-order chi connectivity index (χ1) is 8.31. The zero-order valence-electron chi connectivity index (χ0n) is 9.62. The van der Waals surface area contributed by atoms with Gasteiger partial charge in [0.25, 0.3) is 0 Å². The van der Waals surface area contributed by atoms with E-state index in [1.807, 2.05) is 24.3 Å². The lowest BCUT2D eigenvalue weighted by atomic mass is 10.0. The Morgan fingerprint density at radius 1 is 1.47 bits per heavy atom. The molecule has 1 unspecified atom stereocenters. The van der Waals surface area contributed by atoms with Gasteiger partial charge in [0.1, 0.15) is 0 Å². The van der Waals surface area contributed by atoms with E-state index in [-0.39, 0.29) is 11.8 Å². The van der Waals surface area contributed by atoms with Gasteiger partial charge in [-0.05, 0) is 24.5 Å². The molecule has 0 saturated carbocycles. The largest absolute Gasteiger partial charge is 0.381 e. The minimum atomic E-state index is -0.00729. The standard InChI is InChI=1S/C13H16BrNO2/c14-8-10-4-1-2-6-12(10)15-13(16)11-5-3-7-17-9-11/h1-2,4,6,11H,3,5,7-9H2,(H,15,16). The molecule has 0 bridgehead atoms. The van der Waals surface area contributed by atoms with E-state index in [0.717, 1.165) is 36.0 Å². The number of halogens is 1. The third-order valence-corrected chi connectivity index (χ3v) is 3.55. The van der Waals surface area contributed by atoms with Crippen LogP contribution in [0.2, 0.25) is 0 Å². The van der Waals surface area contributed by atoms with Gasteiger partial charge < -0.3 is 10.1 Å². The molecule has 1 aromatic rings. The normalized spacial score (nSPS) is 19.9. The molecule has 1 heterocycles. The monoisotopic (exact) mass is 297 g/mol. The molecule has 3 nitrogen and oxygen atoms in total. The summed E-state index contributed by atoms with van der Waals surface area (Å²) in [6.07, 6.45) is 1.89. The number of benzene rings is 1.